The number of hydrogen-bond acceptors (Lipinski definition) is 6. The molecule has 2 aromatic rings. The molecule has 2 atom stereocenters. The van der Waals surface area contributed by atoms with E-state index >= 15 is 0 Å². The SMILES string of the molecule is COc1ccc(C(=O)N2CCC(N3C(=O)OCc4ccccc43)CC2NC=O)c(OC)c1. The lowest BCUT2D eigenvalue weighted by atomic mass is 9.97. The summed E-state index contributed by atoms with van der Waals surface area (Å²) in [7, 11) is 3.02. The number of methoxy groups -OCH3 is 2. The van der Waals surface area contributed by atoms with Gasteiger partial charge in [-0.15, -0.1) is 0 Å². The molecule has 0 bridgehead atoms. The number of anilines is 1. The van der Waals surface area contributed by atoms with Gasteiger partial charge in [0.05, 0.1) is 25.5 Å². The van der Waals surface area contributed by atoms with Crippen LogP contribution in [0.4, 0.5) is 10.5 Å². The lowest BCUT2D eigenvalue weighted by Gasteiger charge is -2.44. The Labute approximate surface area is 185 Å². The second kappa shape index (κ2) is 9.17. The van der Waals surface area contributed by atoms with Crippen molar-refractivity contribution in [3.63, 3.8) is 0 Å². The number of cyclic esters (lactones) is 1. The fourth-order valence-corrected chi connectivity index (χ4v) is 4.31. The quantitative estimate of drug-likeness (QED) is 0.695. The third-order valence-corrected chi connectivity index (χ3v) is 5.90. The first kappa shape index (κ1) is 21.5. The van der Waals surface area contributed by atoms with Gasteiger partial charge in [0.2, 0.25) is 6.41 Å². The summed E-state index contributed by atoms with van der Waals surface area (Å²) < 4.78 is 15.9. The number of carbonyl (C=O) groups excluding carboxylic acids is 3. The molecule has 168 valence electrons. The molecule has 9 nitrogen and oxygen atoms in total. The smallest absolute Gasteiger partial charge is 0.414 e. The van der Waals surface area contributed by atoms with E-state index in [4.69, 9.17) is 14.2 Å². The zero-order valence-corrected chi connectivity index (χ0v) is 17.9. The highest BCUT2D eigenvalue weighted by atomic mass is 16.6. The van der Waals surface area contributed by atoms with Crippen molar-refractivity contribution in [2.24, 2.45) is 0 Å². The predicted molar refractivity (Wildman–Crippen MR) is 116 cm³/mol. The summed E-state index contributed by atoms with van der Waals surface area (Å²) in [6.07, 6.45) is 0.459. The Bertz CT molecular complexity index is 1030. The third-order valence-electron chi connectivity index (χ3n) is 5.90. The second-order valence-corrected chi connectivity index (χ2v) is 7.60. The van der Waals surface area contributed by atoms with E-state index in [0.29, 0.717) is 42.9 Å². The number of fused-ring (bicyclic) bond motifs is 1. The molecule has 1 saturated heterocycles. The third kappa shape index (κ3) is 3.93. The number of para-hydroxylation sites is 1. The topological polar surface area (TPSA) is 97.4 Å². The first-order valence-corrected chi connectivity index (χ1v) is 10.3. The molecule has 32 heavy (non-hydrogen) atoms. The largest absolute Gasteiger partial charge is 0.497 e. The standard InChI is InChI=1S/C23H25N3O6/c1-30-17-7-8-18(20(12-17)31-2)22(28)25-10-9-16(11-21(25)24-14-27)26-19-6-4-3-5-15(19)13-32-23(26)29/h3-8,12,14,16,21H,9-11,13H2,1-2H3,(H,24,27). The highest BCUT2D eigenvalue weighted by Crippen LogP contribution is 2.34. The first-order chi connectivity index (χ1) is 15.6. The fraction of sp³-hybridized carbons (Fsp3) is 0.348. The van der Waals surface area contributed by atoms with Gasteiger partial charge in [0.1, 0.15) is 24.3 Å². The molecule has 9 heteroatoms. The van der Waals surface area contributed by atoms with Crippen molar-refractivity contribution < 1.29 is 28.6 Å². The predicted octanol–water partition coefficient (Wildman–Crippen LogP) is 2.54. The van der Waals surface area contributed by atoms with Crippen LogP contribution in [0.5, 0.6) is 11.5 Å². The van der Waals surface area contributed by atoms with E-state index in [-0.39, 0.29) is 18.6 Å². The van der Waals surface area contributed by atoms with Crippen LogP contribution in [0.25, 0.3) is 0 Å². The molecule has 2 unspecified atom stereocenters. The zero-order chi connectivity index (χ0) is 22.7. The summed E-state index contributed by atoms with van der Waals surface area (Å²) in [5.41, 5.74) is 2.09. The molecular formula is C23H25N3O6. The highest BCUT2D eigenvalue weighted by molar-refractivity contribution is 5.97. The molecule has 1 N–H and O–H groups in total. The minimum Gasteiger partial charge on any atom is -0.497 e. The van der Waals surface area contributed by atoms with Gasteiger partial charge in [-0.05, 0) is 24.6 Å². The zero-order valence-electron chi connectivity index (χ0n) is 17.9. The maximum atomic E-state index is 13.4. The van der Waals surface area contributed by atoms with Gasteiger partial charge in [-0.1, -0.05) is 18.2 Å². The normalized spacial score (nSPS) is 20.1. The van der Waals surface area contributed by atoms with E-state index < -0.39 is 12.3 Å². The van der Waals surface area contributed by atoms with Gasteiger partial charge >= 0.3 is 6.09 Å². The number of ether oxygens (including phenoxy) is 3. The monoisotopic (exact) mass is 439 g/mol. The van der Waals surface area contributed by atoms with Gasteiger partial charge in [-0.3, -0.25) is 14.5 Å². The summed E-state index contributed by atoms with van der Waals surface area (Å²) >= 11 is 0. The Morgan fingerprint density at radius 1 is 1.19 bits per heavy atom. The van der Waals surface area contributed by atoms with Crippen LogP contribution in [0.3, 0.4) is 0 Å². The lowest BCUT2D eigenvalue weighted by molar-refractivity contribution is -0.111. The minimum absolute atomic E-state index is 0.232. The number of nitrogens with one attached hydrogen (secondary N) is 1. The number of rotatable bonds is 6. The average molecular weight is 439 g/mol. The van der Waals surface area contributed by atoms with Crippen LogP contribution in [0.15, 0.2) is 42.5 Å². The number of hydrogen-bond donors (Lipinski definition) is 1. The molecule has 0 radical (unpaired) electrons. The molecule has 3 amide bonds. The molecule has 0 aromatic heterocycles. The van der Waals surface area contributed by atoms with Crippen molar-refractivity contribution in [3.8, 4) is 11.5 Å². The maximum absolute atomic E-state index is 13.4. The van der Waals surface area contributed by atoms with Crippen LogP contribution in [0.2, 0.25) is 0 Å². The van der Waals surface area contributed by atoms with Crippen LogP contribution < -0.4 is 19.7 Å². The number of piperidine rings is 1. The van der Waals surface area contributed by atoms with Crippen molar-refractivity contribution in [1.29, 1.82) is 0 Å². The van der Waals surface area contributed by atoms with Crippen molar-refractivity contribution in [3.05, 3.63) is 53.6 Å². The van der Waals surface area contributed by atoms with Gasteiger partial charge in [0.25, 0.3) is 5.91 Å². The van der Waals surface area contributed by atoms with E-state index in [1.165, 1.54) is 14.2 Å². The molecule has 0 aliphatic carbocycles. The lowest BCUT2D eigenvalue weighted by Crippen LogP contribution is -2.58. The van der Waals surface area contributed by atoms with E-state index in [1.54, 1.807) is 28.0 Å². The van der Waals surface area contributed by atoms with Gasteiger partial charge in [-0.25, -0.2) is 4.79 Å². The molecule has 2 aliphatic heterocycles. The fourth-order valence-electron chi connectivity index (χ4n) is 4.31. The van der Waals surface area contributed by atoms with Crippen molar-refractivity contribution in [2.75, 3.05) is 25.7 Å². The van der Waals surface area contributed by atoms with E-state index in [2.05, 4.69) is 5.32 Å². The molecule has 2 aromatic carbocycles. The Morgan fingerprint density at radius 3 is 2.75 bits per heavy atom. The highest BCUT2D eigenvalue weighted by Gasteiger charge is 2.39. The summed E-state index contributed by atoms with van der Waals surface area (Å²) in [6, 6.07) is 12.3. The van der Waals surface area contributed by atoms with E-state index in [0.717, 1.165) is 11.3 Å². The number of amides is 3. The van der Waals surface area contributed by atoms with Gasteiger partial charge in [0.15, 0.2) is 0 Å². The molecule has 2 heterocycles. The van der Waals surface area contributed by atoms with Crippen LogP contribution in [0.1, 0.15) is 28.8 Å². The van der Waals surface area contributed by atoms with E-state index in [9.17, 15) is 14.4 Å². The summed E-state index contributed by atoms with van der Waals surface area (Å²) in [5, 5.41) is 2.73. The number of nitrogens with zero attached hydrogens (tertiary/aromatic N) is 2. The van der Waals surface area contributed by atoms with Crippen LogP contribution in [-0.2, 0) is 16.1 Å². The maximum Gasteiger partial charge on any atom is 0.414 e. The summed E-state index contributed by atoms with van der Waals surface area (Å²) in [5.74, 6) is 0.681. The van der Waals surface area contributed by atoms with Crippen LogP contribution in [0, 0.1) is 0 Å². The molecule has 0 saturated carbocycles. The van der Waals surface area contributed by atoms with Crippen molar-refractivity contribution >= 4 is 24.1 Å². The molecule has 4 rings (SSSR count). The Balaban J connectivity index is 1.59. The van der Waals surface area contributed by atoms with Gasteiger partial charge in [-0.2, -0.15) is 0 Å². The average Bonchev–Trinajstić information content (AvgIpc) is 2.83. The first-order valence-electron chi connectivity index (χ1n) is 10.3. The molecular weight excluding hydrogens is 414 g/mol. The number of benzene rings is 2. The summed E-state index contributed by atoms with van der Waals surface area (Å²) in [6.45, 7) is 0.576. The Kier molecular flexibility index (Phi) is 6.16. The van der Waals surface area contributed by atoms with Crippen molar-refractivity contribution in [1.82, 2.24) is 10.2 Å². The van der Waals surface area contributed by atoms with Gasteiger partial charge in [0, 0.05) is 30.6 Å². The van der Waals surface area contributed by atoms with Crippen molar-refractivity contribution in [2.45, 2.75) is 31.7 Å². The number of likely N-dealkylation sites (tertiary alicyclic amines) is 1. The van der Waals surface area contributed by atoms with Crippen LogP contribution >= 0.6 is 0 Å². The van der Waals surface area contributed by atoms with Gasteiger partial charge < -0.3 is 24.4 Å². The van der Waals surface area contributed by atoms with Crippen LogP contribution in [-0.4, -0.2) is 56.3 Å². The Hall–Kier alpha value is -3.75. The van der Waals surface area contributed by atoms with E-state index in [1.807, 2.05) is 24.3 Å². The molecule has 1 fully saturated rings. The molecule has 0 spiro atoms. The molecule has 2 aliphatic rings. The second-order valence-electron chi connectivity index (χ2n) is 7.60. The summed E-state index contributed by atoms with van der Waals surface area (Å²) in [4.78, 5) is 40.5. The Morgan fingerprint density at radius 2 is 2.00 bits per heavy atom. The number of carbonyl (C=O) groups is 3. The minimum atomic E-state index is -0.590.